The van der Waals surface area contributed by atoms with E-state index in [9.17, 15) is 0 Å². The van der Waals surface area contributed by atoms with Gasteiger partial charge in [-0.2, -0.15) is 0 Å². The van der Waals surface area contributed by atoms with E-state index in [1.54, 1.807) is 0 Å². The van der Waals surface area contributed by atoms with Gasteiger partial charge in [-0.3, -0.25) is 0 Å². The van der Waals surface area contributed by atoms with E-state index in [4.69, 9.17) is 2.74 Å². The highest BCUT2D eigenvalue weighted by atomic mass is 14.2. The van der Waals surface area contributed by atoms with Gasteiger partial charge in [-0.05, 0) is 65.7 Å². The Balaban J connectivity index is 1.51. The number of benzene rings is 7. The standard InChI is InChI=1S/C36H24/c1-2-12-27(13-3-1)35-31-16-6-8-18-33(31)36(34-19-9-7-17-32(34)35)28-23-21-26(22-24-28)30-20-10-14-25-11-4-5-15-29(25)30/h1-24H/i6D,9D. The summed E-state index contributed by atoms with van der Waals surface area (Å²) in [5, 5.41) is 6.78. The molecule has 0 saturated carbocycles. The molecule has 7 aromatic carbocycles. The van der Waals surface area contributed by atoms with E-state index < -0.39 is 0 Å². The Morgan fingerprint density at radius 3 is 1.53 bits per heavy atom. The Bertz CT molecular complexity index is 1970. The maximum absolute atomic E-state index is 8.45. The van der Waals surface area contributed by atoms with Crippen LogP contribution in [0.3, 0.4) is 0 Å². The summed E-state index contributed by atoms with van der Waals surface area (Å²) in [7, 11) is 0. The molecule has 0 aliphatic rings. The highest BCUT2D eigenvalue weighted by Gasteiger charge is 2.16. The minimum atomic E-state index is 0.488. The quantitative estimate of drug-likeness (QED) is 0.231. The predicted octanol–water partition coefficient (Wildman–Crippen LogP) is 10.1. The van der Waals surface area contributed by atoms with Crippen LogP contribution in [0.2, 0.25) is 0 Å². The average molecular weight is 459 g/mol. The Kier molecular flexibility index (Phi) is 4.41. The van der Waals surface area contributed by atoms with Gasteiger partial charge in [0.25, 0.3) is 0 Å². The maximum Gasteiger partial charge on any atom is 0.0623 e. The van der Waals surface area contributed by atoms with Crippen LogP contribution in [0, 0.1) is 0 Å². The summed E-state index contributed by atoms with van der Waals surface area (Å²) >= 11 is 0. The van der Waals surface area contributed by atoms with E-state index in [0.717, 1.165) is 43.8 Å². The van der Waals surface area contributed by atoms with Gasteiger partial charge in [0.05, 0.1) is 2.74 Å². The number of hydrogen-bond acceptors (Lipinski definition) is 0. The van der Waals surface area contributed by atoms with Gasteiger partial charge < -0.3 is 0 Å². The molecular formula is C36H24. The van der Waals surface area contributed by atoms with Gasteiger partial charge >= 0.3 is 0 Å². The first-order valence-corrected chi connectivity index (χ1v) is 12.3. The summed E-state index contributed by atoms with van der Waals surface area (Å²) in [6.07, 6.45) is 0. The lowest BCUT2D eigenvalue weighted by molar-refractivity contribution is 1.63. The van der Waals surface area contributed by atoms with Crippen molar-refractivity contribution in [1.29, 1.82) is 0 Å². The highest BCUT2D eigenvalue weighted by Crippen LogP contribution is 2.43. The van der Waals surface area contributed by atoms with Crippen LogP contribution in [0.4, 0.5) is 0 Å². The van der Waals surface area contributed by atoms with Crippen molar-refractivity contribution >= 4 is 32.3 Å². The van der Waals surface area contributed by atoms with E-state index in [1.807, 2.05) is 30.3 Å². The molecule has 0 aliphatic heterocycles. The van der Waals surface area contributed by atoms with Crippen molar-refractivity contribution in [2.75, 3.05) is 0 Å². The first-order chi connectivity index (χ1) is 18.7. The Labute approximate surface area is 213 Å². The Morgan fingerprint density at radius 1 is 0.333 bits per heavy atom. The summed E-state index contributed by atoms with van der Waals surface area (Å²) in [6.45, 7) is 0. The third-order valence-electron chi connectivity index (χ3n) is 7.14. The van der Waals surface area contributed by atoms with E-state index in [2.05, 4.69) is 103 Å². The topological polar surface area (TPSA) is 0 Å². The molecule has 7 rings (SSSR count). The summed E-state index contributed by atoms with van der Waals surface area (Å²) in [6, 6.07) is 46.9. The molecule has 0 heteroatoms. The van der Waals surface area contributed by atoms with E-state index in [-0.39, 0.29) is 0 Å². The minimum Gasteiger partial charge on any atom is -0.0622 e. The molecule has 0 spiro atoms. The van der Waals surface area contributed by atoms with Crippen LogP contribution in [-0.4, -0.2) is 0 Å². The van der Waals surface area contributed by atoms with E-state index in [1.165, 1.54) is 21.9 Å². The SMILES string of the molecule is [2H]c1ccc2c(-c3ccc(-c4cccc5ccccc45)cc3)c3cc([2H])ccc3c(-c3ccccc3)c2c1. The van der Waals surface area contributed by atoms with Gasteiger partial charge in [-0.15, -0.1) is 0 Å². The van der Waals surface area contributed by atoms with E-state index >= 15 is 0 Å². The second-order valence-corrected chi connectivity index (χ2v) is 9.16. The van der Waals surface area contributed by atoms with Gasteiger partial charge in [0.1, 0.15) is 0 Å². The van der Waals surface area contributed by atoms with Crippen molar-refractivity contribution < 1.29 is 2.74 Å². The zero-order valence-corrected chi connectivity index (χ0v) is 19.7. The third-order valence-corrected chi connectivity index (χ3v) is 7.14. The average Bonchev–Trinajstić information content (AvgIpc) is 2.96. The largest absolute Gasteiger partial charge is 0.0623 e. The van der Waals surface area contributed by atoms with E-state index in [0.29, 0.717) is 12.1 Å². The first kappa shape index (κ1) is 18.6. The molecule has 0 aliphatic carbocycles. The summed E-state index contributed by atoms with van der Waals surface area (Å²) in [5.74, 6) is 0. The van der Waals surface area contributed by atoms with Crippen molar-refractivity contribution in [3.63, 3.8) is 0 Å². The minimum absolute atomic E-state index is 0.488. The summed E-state index contributed by atoms with van der Waals surface area (Å²) in [4.78, 5) is 0. The molecule has 36 heavy (non-hydrogen) atoms. The molecule has 0 nitrogen and oxygen atoms in total. The van der Waals surface area contributed by atoms with Crippen molar-refractivity contribution in [3.8, 4) is 33.4 Å². The van der Waals surface area contributed by atoms with Crippen LogP contribution in [0.5, 0.6) is 0 Å². The van der Waals surface area contributed by atoms with Crippen LogP contribution < -0.4 is 0 Å². The van der Waals surface area contributed by atoms with Crippen LogP contribution in [-0.2, 0) is 0 Å². The van der Waals surface area contributed by atoms with Gasteiger partial charge in [0, 0.05) is 0 Å². The zero-order chi connectivity index (χ0) is 25.6. The summed E-state index contributed by atoms with van der Waals surface area (Å²) in [5.41, 5.74) is 6.83. The van der Waals surface area contributed by atoms with Crippen LogP contribution >= 0.6 is 0 Å². The van der Waals surface area contributed by atoms with Crippen LogP contribution in [0.25, 0.3) is 65.7 Å². The molecule has 0 saturated heterocycles. The van der Waals surface area contributed by atoms with Crippen LogP contribution in [0.1, 0.15) is 2.74 Å². The smallest absolute Gasteiger partial charge is 0.0622 e. The molecule has 168 valence electrons. The van der Waals surface area contributed by atoms with Crippen molar-refractivity contribution in [1.82, 2.24) is 0 Å². The lowest BCUT2D eigenvalue weighted by atomic mass is 9.85. The molecular weight excluding hydrogens is 432 g/mol. The highest BCUT2D eigenvalue weighted by molar-refractivity contribution is 6.21. The Morgan fingerprint density at radius 2 is 0.833 bits per heavy atom. The molecule has 7 aromatic rings. The van der Waals surface area contributed by atoms with Gasteiger partial charge in [-0.1, -0.05) is 146 Å². The zero-order valence-electron chi connectivity index (χ0n) is 21.7. The molecule has 0 aromatic heterocycles. The molecule has 0 unspecified atom stereocenters. The lowest BCUT2D eigenvalue weighted by Gasteiger charge is -2.18. The monoisotopic (exact) mass is 458 g/mol. The fourth-order valence-corrected chi connectivity index (χ4v) is 5.52. The summed E-state index contributed by atoms with van der Waals surface area (Å²) < 4.78 is 16.9. The molecule has 0 atom stereocenters. The van der Waals surface area contributed by atoms with Gasteiger partial charge in [0.15, 0.2) is 0 Å². The molecule has 0 amide bonds. The van der Waals surface area contributed by atoms with Crippen molar-refractivity contribution in [2.45, 2.75) is 0 Å². The maximum atomic E-state index is 8.45. The normalized spacial score (nSPS) is 12.1. The number of hydrogen-bond donors (Lipinski definition) is 0. The predicted molar refractivity (Wildman–Crippen MR) is 155 cm³/mol. The molecule has 0 N–H and O–H groups in total. The van der Waals surface area contributed by atoms with Crippen LogP contribution in [0.15, 0.2) is 146 Å². The van der Waals surface area contributed by atoms with Crippen molar-refractivity contribution in [2.24, 2.45) is 0 Å². The molecule has 0 bridgehead atoms. The first-order valence-electron chi connectivity index (χ1n) is 13.3. The van der Waals surface area contributed by atoms with Gasteiger partial charge in [0.2, 0.25) is 0 Å². The number of rotatable bonds is 3. The fraction of sp³-hybridized carbons (Fsp3) is 0. The molecule has 0 radical (unpaired) electrons. The van der Waals surface area contributed by atoms with Gasteiger partial charge in [-0.25, -0.2) is 0 Å². The number of fused-ring (bicyclic) bond motifs is 3. The van der Waals surface area contributed by atoms with Crippen molar-refractivity contribution in [3.05, 3.63) is 146 Å². The fourth-order valence-electron chi connectivity index (χ4n) is 5.52. The lowest BCUT2D eigenvalue weighted by Crippen LogP contribution is -1.90. The second-order valence-electron chi connectivity index (χ2n) is 9.16. The third kappa shape index (κ3) is 3.31. The second kappa shape index (κ2) is 8.52. The molecule has 0 fully saturated rings. The Hall–Kier alpha value is -4.68. The molecule has 0 heterocycles.